The zero-order valence-corrected chi connectivity index (χ0v) is 19.9. The minimum Gasteiger partial charge on any atom is -0.496 e. The standard InChI is InChI=1S/C24H32N2O8/c1-15(5-7-19(27)32-13-10-26-8-11-31-12-9-26)4-6-17-21(30-3)16(2)18-14-33-23(28)20(18)22(17)34-24(25)29/h4H,5-14H2,1-3H3,(H2,25,29)/b15-4+. The number of fused-ring (bicyclic) bond motifs is 1. The van der Waals surface area contributed by atoms with Crippen molar-refractivity contribution in [2.75, 3.05) is 46.6 Å². The molecule has 3 rings (SSSR count). The third kappa shape index (κ3) is 6.27. The van der Waals surface area contributed by atoms with E-state index < -0.39 is 12.1 Å². The second-order valence-electron chi connectivity index (χ2n) is 8.25. The summed E-state index contributed by atoms with van der Waals surface area (Å²) < 4.78 is 26.6. The summed E-state index contributed by atoms with van der Waals surface area (Å²) in [7, 11) is 1.51. The number of esters is 2. The van der Waals surface area contributed by atoms with Crippen LogP contribution in [0.2, 0.25) is 0 Å². The number of hydrogen-bond acceptors (Lipinski definition) is 9. The topological polar surface area (TPSA) is 127 Å². The summed E-state index contributed by atoms with van der Waals surface area (Å²) in [4.78, 5) is 38.2. The number of cyclic esters (lactones) is 1. The van der Waals surface area contributed by atoms with Gasteiger partial charge in [-0.25, -0.2) is 9.59 Å². The van der Waals surface area contributed by atoms with E-state index in [9.17, 15) is 14.4 Å². The Balaban J connectivity index is 1.63. The third-order valence-corrected chi connectivity index (χ3v) is 5.98. The van der Waals surface area contributed by atoms with E-state index in [1.165, 1.54) is 7.11 Å². The summed E-state index contributed by atoms with van der Waals surface area (Å²) in [5, 5.41) is 0. The van der Waals surface area contributed by atoms with E-state index >= 15 is 0 Å². The van der Waals surface area contributed by atoms with Crippen LogP contribution in [0.1, 0.15) is 46.8 Å². The molecule has 0 aliphatic carbocycles. The number of benzene rings is 1. The minimum atomic E-state index is -1.03. The Bertz CT molecular complexity index is 966. The second-order valence-corrected chi connectivity index (χ2v) is 8.25. The number of primary amides is 1. The highest BCUT2D eigenvalue weighted by molar-refractivity contribution is 5.99. The summed E-state index contributed by atoms with van der Waals surface area (Å²) in [5.41, 5.74) is 8.27. The second kappa shape index (κ2) is 11.8. The number of nitrogens with two attached hydrogens (primary N) is 1. The Labute approximate surface area is 198 Å². The Kier molecular flexibility index (Phi) is 8.89. The SMILES string of the molecule is COc1c(C)c2c(c(OC(N)=O)c1C/C=C(\C)CCC(=O)OCCN1CCOCC1)C(=O)OC2. The molecule has 0 radical (unpaired) electrons. The van der Waals surface area contributed by atoms with Crippen molar-refractivity contribution in [1.82, 2.24) is 4.90 Å². The van der Waals surface area contributed by atoms with E-state index in [0.717, 1.165) is 24.2 Å². The molecule has 10 heteroatoms. The van der Waals surface area contributed by atoms with Gasteiger partial charge in [0, 0.05) is 37.2 Å². The van der Waals surface area contributed by atoms with Crippen molar-refractivity contribution in [2.24, 2.45) is 5.73 Å². The monoisotopic (exact) mass is 476 g/mol. The van der Waals surface area contributed by atoms with Crippen molar-refractivity contribution in [3.05, 3.63) is 33.9 Å². The van der Waals surface area contributed by atoms with Crippen LogP contribution in [0.3, 0.4) is 0 Å². The van der Waals surface area contributed by atoms with E-state index in [0.29, 0.717) is 56.1 Å². The molecule has 2 heterocycles. The average molecular weight is 477 g/mol. The molecule has 0 spiro atoms. The van der Waals surface area contributed by atoms with Crippen LogP contribution in [0, 0.1) is 6.92 Å². The number of carbonyl (C=O) groups is 3. The van der Waals surface area contributed by atoms with Gasteiger partial charge in [0.2, 0.25) is 0 Å². The molecule has 186 valence electrons. The maximum atomic E-state index is 12.3. The molecule has 0 bridgehead atoms. The molecule has 34 heavy (non-hydrogen) atoms. The average Bonchev–Trinajstić information content (AvgIpc) is 3.20. The molecule has 10 nitrogen and oxygen atoms in total. The van der Waals surface area contributed by atoms with Crippen LogP contribution in [0.5, 0.6) is 11.5 Å². The number of morpholine rings is 1. The van der Waals surface area contributed by atoms with Crippen LogP contribution >= 0.6 is 0 Å². The predicted molar refractivity (Wildman–Crippen MR) is 122 cm³/mol. The van der Waals surface area contributed by atoms with E-state index in [1.807, 2.05) is 19.9 Å². The molecule has 1 aromatic carbocycles. The number of allylic oxidation sites excluding steroid dienone is 2. The quantitative estimate of drug-likeness (QED) is 0.400. The maximum Gasteiger partial charge on any atom is 0.410 e. The van der Waals surface area contributed by atoms with Gasteiger partial charge in [0.25, 0.3) is 0 Å². The van der Waals surface area contributed by atoms with Gasteiger partial charge in [0.1, 0.15) is 24.5 Å². The lowest BCUT2D eigenvalue weighted by Gasteiger charge is -2.26. The molecule has 0 atom stereocenters. The molecule has 2 aliphatic heterocycles. The Morgan fingerprint density at radius 3 is 2.59 bits per heavy atom. The lowest BCUT2D eigenvalue weighted by atomic mass is 9.94. The summed E-state index contributed by atoms with van der Waals surface area (Å²) in [6.45, 7) is 7.98. The molecule has 1 amide bonds. The molecule has 2 aliphatic rings. The molecule has 1 saturated heterocycles. The fourth-order valence-corrected chi connectivity index (χ4v) is 4.09. The fourth-order valence-electron chi connectivity index (χ4n) is 4.09. The first kappa shape index (κ1) is 25.5. The van der Waals surface area contributed by atoms with E-state index in [4.69, 9.17) is 29.4 Å². The van der Waals surface area contributed by atoms with Gasteiger partial charge in [-0.3, -0.25) is 9.69 Å². The first-order chi connectivity index (χ1) is 16.3. The van der Waals surface area contributed by atoms with Crippen molar-refractivity contribution < 1.29 is 38.1 Å². The summed E-state index contributed by atoms with van der Waals surface area (Å²) in [5.74, 6) is -0.273. The number of hydrogen-bond donors (Lipinski definition) is 1. The molecular formula is C24H32N2O8. The molecule has 2 N–H and O–H groups in total. The fraction of sp³-hybridized carbons (Fsp3) is 0.542. The maximum absolute atomic E-state index is 12.3. The molecular weight excluding hydrogens is 444 g/mol. The van der Waals surface area contributed by atoms with Crippen LogP contribution in [-0.4, -0.2) is 69.5 Å². The number of rotatable bonds is 10. The van der Waals surface area contributed by atoms with Gasteiger partial charge < -0.3 is 29.4 Å². The third-order valence-electron chi connectivity index (χ3n) is 5.98. The Morgan fingerprint density at radius 2 is 1.91 bits per heavy atom. The highest BCUT2D eigenvalue weighted by Crippen LogP contribution is 2.42. The first-order valence-corrected chi connectivity index (χ1v) is 11.3. The lowest BCUT2D eigenvalue weighted by Crippen LogP contribution is -2.38. The zero-order chi connectivity index (χ0) is 24.7. The van der Waals surface area contributed by atoms with Crippen molar-refractivity contribution >= 4 is 18.0 Å². The zero-order valence-electron chi connectivity index (χ0n) is 19.9. The van der Waals surface area contributed by atoms with Gasteiger partial charge in [0.15, 0.2) is 5.75 Å². The largest absolute Gasteiger partial charge is 0.496 e. The van der Waals surface area contributed by atoms with E-state index in [-0.39, 0.29) is 30.3 Å². The van der Waals surface area contributed by atoms with Crippen LogP contribution < -0.4 is 15.2 Å². The van der Waals surface area contributed by atoms with E-state index in [2.05, 4.69) is 4.90 Å². The van der Waals surface area contributed by atoms with Crippen molar-refractivity contribution in [3.63, 3.8) is 0 Å². The van der Waals surface area contributed by atoms with Crippen molar-refractivity contribution in [3.8, 4) is 11.5 Å². The number of amides is 1. The van der Waals surface area contributed by atoms with Gasteiger partial charge in [-0.05, 0) is 32.3 Å². The van der Waals surface area contributed by atoms with Crippen molar-refractivity contribution in [1.29, 1.82) is 0 Å². The van der Waals surface area contributed by atoms with Gasteiger partial charge in [-0.15, -0.1) is 0 Å². The van der Waals surface area contributed by atoms with Crippen LogP contribution in [-0.2, 0) is 32.0 Å². The summed E-state index contributed by atoms with van der Waals surface area (Å²) >= 11 is 0. The predicted octanol–water partition coefficient (Wildman–Crippen LogP) is 2.28. The Morgan fingerprint density at radius 1 is 1.18 bits per heavy atom. The number of carbonyl (C=O) groups excluding carboxylic acids is 3. The minimum absolute atomic E-state index is 0.0547. The highest BCUT2D eigenvalue weighted by Gasteiger charge is 2.33. The smallest absolute Gasteiger partial charge is 0.410 e. The molecule has 0 unspecified atom stereocenters. The Hall–Kier alpha value is -3.11. The molecule has 1 aromatic rings. The normalized spacial score (nSPS) is 16.1. The van der Waals surface area contributed by atoms with Gasteiger partial charge in [-0.2, -0.15) is 0 Å². The molecule has 0 saturated carbocycles. The lowest BCUT2D eigenvalue weighted by molar-refractivity contribution is -0.144. The summed E-state index contributed by atoms with van der Waals surface area (Å²) in [6.07, 6.45) is 1.94. The molecule has 1 fully saturated rings. The highest BCUT2D eigenvalue weighted by atomic mass is 16.6. The number of nitrogens with zero attached hydrogens (tertiary/aromatic N) is 1. The van der Waals surface area contributed by atoms with Gasteiger partial charge >= 0.3 is 18.0 Å². The van der Waals surface area contributed by atoms with Crippen LogP contribution in [0.4, 0.5) is 4.79 Å². The van der Waals surface area contributed by atoms with Crippen LogP contribution in [0.25, 0.3) is 0 Å². The summed E-state index contributed by atoms with van der Waals surface area (Å²) in [6, 6.07) is 0. The first-order valence-electron chi connectivity index (χ1n) is 11.3. The van der Waals surface area contributed by atoms with Crippen molar-refractivity contribution in [2.45, 2.75) is 39.7 Å². The number of methoxy groups -OCH3 is 1. The molecule has 0 aromatic heterocycles. The van der Waals surface area contributed by atoms with E-state index in [1.54, 1.807) is 0 Å². The van der Waals surface area contributed by atoms with Gasteiger partial charge in [-0.1, -0.05) is 11.6 Å². The van der Waals surface area contributed by atoms with Crippen LogP contribution in [0.15, 0.2) is 11.6 Å². The van der Waals surface area contributed by atoms with Gasteiger partial charge in [0.05, 0.1) is 20.3 Å². The number of ether oxygens (including phenoxy) is 5.